The van der Waals surface area contributed by atoms with E-state index in [-0.39, 0.29) is 0 Å². The third-order valence-electron chi connectivity index (χ3n) is 5.22. The summed E-state index contributed by atoms with van der Waals surface area (Å²) in [6, 6.07) is 8.25. The number of nitrogens with one attached hydrogen (secondary N) is 1. The van der Waals surface area contributed by atoms with Crippen molar-refractivity contribution in [3.63, 3.8) is 0 Å². The Morgan fingerprint density at radius 3 is 3.06 bits per heavy atom. The zero-order valence-corrected chi connectivity index (χ0v) is 11.2. The standard InChI is InChI=1S/C16H22N2/c1-11-5-4-7-14-16(11)18-13(10-17-14)9-12-6-2-3-8-15(12)18/h4-5,7,12-13,15,17H,2-3,6,8-10H2,1H3. The van der Waals surface area contributed by atoms with Crippen molar-refractivity contribution in [2.75, 3.05) is 16.8 Å². The van der Waals surface area contributed by atoms with Gasteiger partial charge in [-0.15, -0.1) is 0 Å². The summed E-state index contributed by atoms with van der Waals surface area (Å²) in [6.45, 7) is 3.41. The van der Waals surface area contributed by atoms with Gasteiger partial charge in [0, 0.05) is 18.6 Å². The van der Waals surface area contributed by atoms with E-state index in [0.717, 1.165) is 24.5 Å². The van der Waals surface area contributed by atoms with Crippen molar-refractivity contribution in [2.45, 2.75) is 51.1 Å². The maximum absolute atomic E-state index is 3.64. The molecule has 2 nitrogen and oxygen atoms in total. The van der Waals surface area contributed by atoms with E-state index in [2.05, 4.69) is 35.3 Å². The molecule has 0 radical (unpaired) electrons. The number of nitrogens with zero attached hydrogens (tertiary/aromatic N) is 1. The number of aryl methyl sites for hydroxylation is 1. The number of para-hydroxylation sites is 1. The summed E-state index contributed by atoms with van der Waals surface area (Å²) in [5.74, 6) is 0.955. The predicted octanol–water partition coefficient (Wildman–Crippen LogP) is 3.56. The van der Waals surface area contributed by atoms with Gasteiger partial charge >= 0.3 is 0 Å². The second kappa shape index (κ2) is 3.91. The average molecular weight is 242 g/mol. The molecule has 2 heterocycles. The molecule has 0 spiro atoms. The maximum atomic E-state index is 3.64. The molecule has 18 heavy (non-hydrogen) atoms. The highest BCUT2D eigenvalue weighted by atomic mass is 15.3. The summed E-state index contributed by atoms with van der Waals surface area (Å²) in [4.78, 5) is 2.78. The van der Waals surface area contributed by atoms with Gasteiger partial charge in [-0.2, -0.15) is 0 Å². The Morgan fingerprint density at radius 1 is 1.22 bits per heavy atom. The Labute approximate surface area is 109 Å². The van der Waals surface area contributed by atoms with Crippen LogP contribution in [-0.2, 0) is 0 Å². The van der Waals surface area contributed by atoms with Gasteiger partial charge in [-0.1, -0.05) is 25.0 Å². The molecule has 1 aromatic carbocycles. The van der Waals surface area contributed by atoms with Crippen LogP contribution in [0.2, 0.25) is 0 Å². The molecule has 1 saturated carbocycles. The summed E-state index contributed by atoms with van der Waals surface area (Å²) in [5, 5.41) is 3.64. The average Bonchev–Trinajstić information content (AvgIpc) is 2.77. The minimum absolute atomic E-state index is 0.742. The Balaban J connectivity index is 1.79. The van der Waals surface area contributed by atoms with Crippen LogP contribution in [-0.4, -0.2) is 18.6 Å². The fourth-order valence-electron chi connectivity index (χ4n) is 4.47. The Morgan fingerprint density at radius 2 is 2.11 bits per heavy atom. The normalized spacial score (nSPS) is 33.4. The predicted molar refractivity (Wildman–Crippen MR) is 76.3 cm³/mol. The lowest BCUT2D eigenvalue weighted by Gasteiger charge is -2.41. The van der Waals surface area contributed by atoms with Crippen LogP contribution in [0.4, 0.5) is 11.4 Å². The minimum atomic E-state index is 0.742. The largest absolute Gasteiger partial charge is 0.381 e. The molecule has 3 aliphatic rings. The summed E-state index contributed by atoms with van der Waals surface area (Å²) in [5.41, 5.74) is 4.30. The quantitative estimate of drug-likeness (QED) is 0.748. The lowest BCUT2D eigenvalue weighted by Crippen LogP contribution is -2.45. The molecule has 1 saturated heterocycles. The summed E-state index contributed by atoms with van der Waals surface area (Å²) in [7, 11) is 0. The molecule has 2 aliphatic heterocycles. The highest BCUT2D eigenvalue weighted by molar-refractivity contribution is 5.77. The highest BCUT2D eigenvalue weighted by Gasteiger charge is 2.44. The van der Waals surface area contributed by atoms with Gasteiger partial charge in [-0.3, -0.25) is 0 Å². The fourth-order valence-corrected chi connectivity index (χ4v) is 4.47. The SMILES string of the molecule is Cc1cccc2c1N1C(CN2)CC2CCCCC21. The molecule has 0 bridgehead atoms. The number of benzene rings is 1. The van der Waals surface area contributed by atoms with Gasteiger partial charge in [0.25, 0.3) is 0 Å². The van der Waals surface area contributed by atoms with E-state index in [1.807, 2.05) is 0 Å². The van der Waals surface area contributed by atoms with Crippen LogP contribution < -0.4 is 10.2 Å². The van der Waals surface area contributed by atoms with Crippen molar-refractivity contribution in [3.8, 4) is 0 Å². The van der Waals surface area contributed by atoms with Crippen LogP contribution in [0, 0.1) is 12.8 Å². The van der Waals surface area contributed by atoms with Crippen LogP contribution in [0.3, 0.4) is 0 Å². The molecule has 1 aliphatic carbocycles. The van der Waals surface area contributed by atoms with Crippen molar-refractivity contribution in [1.82, 2.24) is 0 Å². The van der Waals surface area contributed by atoms with Crippen molar-refractivity contribution < 1.29 is 0 Å². The van der Waals surface area contributed by atoms with Gasteiger partial charge in [-0.25, -0.2) is 0 Å². The Hall–Kier alpha value is -1.18. The van der Waals surface area contributed by atoms with Crippen LogP contribution >= 0.6 is 0 Å². The van der Waals surface area contributed by atoms with E-state index in [1.165, 1.54) is 49.0 Å². The molecule has 96 valence electrons. The molecule has 0 amide bonds. The first-order valence-corrected chi connectivity index (χ1v) is 7.46. The molecule has 0 aromatic heterocycles. The Bertz CT molecular complexity index is 468. The van der Waals surface area contributed by atoms with Gasteiger partial charge in [0.2, 0.25) is 0 Å². The van der Waals surface area contributed by atoms with Crippen molar-refractivity contribution in [3.05, 3.63) is 23.8 Å². The highest BCUT2D eigenvalue weighted by Crippen LogP contribution is 2.47. The summed E-state index contributed by atoms with van der Waals surface area (Å²) < 4.78 is 0. The molecule has 2 heteroatoms. The molecule has 2 fully saturated rings. The van der Waals surface area contributed by atoms with E-state index in [0.29, 0.717) is 0 Å². The molecular weight excluding hydrogens is 220 g/mol. The third kappa shape index (κ3) is 1.41. The lowest BCUT2D eigenvalue weighted by atomic mass is 9.84. The lowest BCUT2D eigenvalue weighted by molar-refractivity contribution is 0.342. The van der Waals surface area contributed by atoms with Crippen LogP contribution in [0.15, 0.2) is 18.2 Å². The fraction of sp³-hybridized carbons (Fsp3) is 0.625. The first-order valence-electron chi connectivity index (χ1n) is 7.46. The molecule has 4 rings (SSSR count). The van der Waals surface area contributed by atoms with Gasteiger partial charge in [0.15, 0.2) is 0 Å². The van der Waals surface area contributed by atoms with Gasteiger partial charge in [0.05, 0.1) is 11.4 Å². The third-order valence-corrected chi connectivity index (χ3v) is 5.22. The first-order chi connectivity index (χ1) is 8.84. The number of fused-ring (bicyclic) bond motifs is 5. The summed E-state index contributed by atoms with van der Waals surface area (Å²) in [6.07, 6.45) is 7.16. The van der Waals surface area contributed by atoms with Crippen molar-refractivity contribution in [2.24, 2.45) is 5.92 Å². The minimum Gasteiger partial charge on any atom is -0.381 e. The van der Waals surface area contributed by atoms with E-state index in [4.69, 9.17) is 0 Å². The van der Waals surface area contributed by atoms with E-state index in [9.17, 15) is 0 Å². The molecular formula is C16H22N2. The van der Waals surface area contributed by atoms with E-state index < -0.39 is 0 Å². The molecule has 3 atom stereocenters. The molecule has 1 aromatic rings. The second-order valence-electron chi connectivity index (χ2n) is 6.26. The van der Waals surface area contributed by atoms with Crippen LogP contribution in [0.5, 0.6) is 0 Å². The van der Waals surface area contributed by atoms with Crippen molar-refractivity contribution >= 4 is 11.4 Å². The second-order valence-corrected chi connectivity index (χ2v) is 6.26. The topological polar surface area (TPSA) is 15.3 Å². The van der Waals surface area contributed by atoms with Crippen LogP contribution in [0.1, 0.15) is 37.7 Å². The maximum Gasteiger partial charge on any atom is 0.0637 e. The van der Waals surface area contributed by atoms with Gasteiger partial charge in [0.1, 0.15) is 0 Å². The van der Waals surface area contributed by atoms with Crippen molar-refractivity contribution in [1.29, 1.82) is 0 Å². The van der Waals surface area contributed by atoms with E-state index >= 15 is 0 Å². The number of anilines is 2. The first kappa shape index (κ1) is 10.7. The number of hydrogen-bond donors (Lipinski definition) is 1. The zero-order valence-electron chi connectivity index (χ0n) is 11.2. The number of hydrogen-bond acceptors (Lipinski definition) is 2. The van der Waals surface area contributed by atoms with Gasteiger partial charge in [-0.05, 0) is 43.7 Å². The van der Waals surface area contributed by atoms with E-state index in [1.54, 1.807) is 0 Å². The monoisotopic (exact) mass is 242 g/mol. The number of rotatable bonds is 0. The zero-order chi connectivity index (χ0) is 12.1. The molecule has 3 unspecified atom stereocenters. The molecule has 1 N–H and O–H groups in total. The summed E-state index contributed by atoms with van der Waals surface area (Å²) >= 11 is 0. The Kier molecular flexibility index (Phi) is 2.33. The van der Waals surface area contributed by atoms with Gasteiger partial charge < -0.3 is 10.2 Å². The smallest absolute Gasteiger partial charge is 0.0637 e. The van der Waals surface area contributed by atoms with Crippen LogP contribution in [0.25, 0.3) is 0 Å².